The first-order valence-corrected chi connectivity index (χ1v) is 9.08. The molecule has 0 aliphatic heterocycles. The van der Waals surface area contributed by atoms with Crippen molar-refractivity contribution in [3.8, 4) is 0 Å². The Labute approximate surface area is 148 Å². The average molecular weight is 349 g/mol. The number of urea groups is 1. The number of nitrogens with two attached hydrogens (primary N) is 1. The lowest BCUT2D eigenvalue weighted by Crippen LogP contribution is -2.42. The molecule has 138 valence electrons. The molecule has 6 heteroatoms. The summed E-state index contributed by atoms with van der Waals surface area (Å²) in [5.74, 6) is -0.213. The number of unbranched alkanes of at least 4 members (excludes halogenated alkanes) is 1. The molecule has 5 nitrogen and oxygen atoms in total. The number of primary amides is 1. The number of rotatable bonds is 8. The summed E-state index contributed by atoms with van der Waals surface area (Å²) in [6.07, 6.45) is 7.36. The molecule has 1 aliphatic carbocycles. The highest BCUT2D eigenvalue weighted by Gasteiger charge is 2.34. The van der Waals surface area contributed by atoms with Crippen LogP contribution in [0.3, 0.4) is 0 Å². The van der Waals surface area contributed by atoms with E-state index in [0.717, 1.165) is 37.7 Å². The average Bonchev–Trinajstić information content (AvgIpc) is 2.61. The highest BCUT2D eigenvalue weighted by Crippen LogP contribution is 2.39. The highest BCUT2D eigenvalue weighted by molar-refractivity contribution is 5.76. The monoisotopic (exact) mass is 349 g/mol. The Hall–Kier alpha value is -2.11. The van der Waals surface area contributed by atoms with Crippen LogP contribution in [0.2, 0.25) is 0 Å². The van der Waals surface area contributed by atoms with E-state index in [9.17, 15) is 14.0 Å². The van der Waals surface area contributed by atoms with E-state index in [2.05, 4.69) is 10.6 Å². The van der Waals surface area contributed by atoms with Crippen LogP contribution in [0, 0.1) is 5.82 Å². The number of hydrogen-bond donors (Lipinski definition) is 3. The van der Waals surface area contributed by atoms with Gasteiger partial charge >= 0.3 is 6.03 Å². The Morgan fingerprint density at radius 3 is 2.36 bits per heavy atom. The van der Waals surface area contributed by atoms with E-state index in [1.165, 1.54) is 18.6 Å². The standard InChI is InChI=1S/C19H28FN3O2/c20-16-9-7-15(8-10-16)19(11-3-1-4-12-19)14-23-17(24)6-2-5-13-22-18(21)25/h7-10H,1-6,11-14H2,(H,23,24)(H3,21,22,25). The van der Waals surface area contributed by atoms with Gasteiger partial charge in [-0.3, -0.25) is 4.79 Å². The summed E-state index contributed by atoms with van der Waals surface area (Å²) in [5.41, 5.74) is 6.01. The Bertz CT molecular complexity index is 569. The summed E-state index contributed by atoms with van der Waals surface area (Å²) in [6.45, 7) is 1.08. The van der Waals surface area contributed by atoms with Gasteiger partial charge in [-0.05, 0) is 43.4 Å². The normalized spacial score (nSPS) is 16.2. The topological polar surface area (TPSA) is 84.2 Å². The third kappa shape index (κ3) is 6.03. The Morgan fingerprint density at radius 1 is 1.04 bits per heavy atom. The van der Waals surface area contributed by atoms with Crippen LogP contribution >= 0.6 is 0 Å². The summed E-state index contributed by atoms with van der Waals surface area (Å²) in [7, 11) is 0. The zero-order chi connectivity index (χ0) is 18.1. The third-order valence-electron chi connectivity index (χ3n) is 5.02. The molecule has 0 atom stereocenters. The molecule has 0 heterocycles. The van der Waals surface area contributed by atoms with Crippen molar-refractivity contribution < 1.29 is 14.0 Å². The van der Waals surface area contributed by atoms with Crippen molar-refractivity contribution in [2.24, 2.45) is 5.73 Å². The minimum Gasteiger partial charge on any atom is -0.355 e. The predicted molar refractivity (Wildman–Crippen MR) is 95.6 cm³/mol. The quantitative estimate of drug-likeness (QED) is 0.630. The van der Waals surface area contributed by atoms with Crippen LogP contribution in [-0.2, 0) is 10.2 Å². The summed E-state index contributed by atoms with van der Waals surface area (Å²) in [6, 6.07) is 6.16. The van der Waals surface area contributed by atoms with Crippen LogP contribution in [0.25, 0.3) is 0 Å². The molecular weight excluding hydrogens is 321 g/mol. The molecule has 25 heavy (non-hydrogen) atoms. The first-order chi connectivity index (χ1) is 12.0. The number of halogens is 1. The fourth-order valence-corrected chi connectivity index (χ4v) is 3.58. The van der Waals surface area contributed by atoms with E-state index in [1.54, 1.807) is 0 Å². The fraction of sp³-hybridized carbons (Fsp3) is 0.579. The lowest BCUT2D eigenvalue weighted by molar-refractivity contribution is -0.121. The van der Waals surface area contributed by atoms with Gasteiger partial charge in [0, 0.05) is 24.9 Å². The Balaban J connectivity index is 1.84. The van der Waals surface area contributed by atoms with Gasteiger partial charge in [-0.25, -0.2) is 9.18 Å². The van der Waals surface area contributed by atoms with Gasteiger partial charge in [0.1, 0.15) is 5.82 Å². The van der Waals surface area contributed by atoms with Crippen LogP contribution in [0.4, 0.5) is 9.18 Å². The molecular formula is C19H28FN3O2. The van der Waals surface area contributed by atoms with Gasteiger partial charge in [0.2, 0.25) is 5.91 Å². The van der Waals surface area contributed by atoms with Crippen LogP contribution in [0.1, 0.15) is 56.9 Å². The maximum atomic E-state index is 13.2. The number of benzene rings is 1. The Morgan fingerprint density at radius 2 is 1.72 bits per heavy atom. The molecule has 2 rings (SSSR count). The van der Waals surface area contributed by atoms with Crippen LogP contribution in [0.5, 0.6) is 0 Å². The third-order valence-corrected chi connectivity index (χ3v) is 5.02. The number of nitrogens with one attached hydrogen (secondary N) is 2. The van der Waals surface area contributed by atoms with Gasteiger partial charge in [0.15, 0.2) is 0 Å². The SMILES string of the molecule is NC(=O)NCCCCC(=O)NCC1(c2ccc(F)cc2)CCCCC1. The molecule has 0 radical (unpaired) electrons. The smallest absolute Gasteiger partial charge is 0.312 e. The minimum absolute atomic E-state index is 0.0196. The van der Waals surface area contributed by atoms with Crippen LogP contribution < -0.4 is 16.4 Å². The largest absolute Gasteiger partial charge is 0.355 e. The lowest BCUT2D eigenvalue weighted by Gasteiger charge is -2.38. The molecule has 0 bridgehead atoms. The first-order valence-electron chi connectivity index (χ1n) is 9.08. The molecule has 0 unspecified atom stereocenters. The van der Waals surface area contributed by atoms with Crippen molar-refractivity contribution in [2.45, 2.75) is 56.8 Å². The van der Waals surface area contributed by atoms with Gasteiger partial charge in [0.05, 0.1) is 0 Å². The zero-order valence-electron chi connectivity index (χ0n) is 14.7. The maximum absolute atomic E-state index is 13.2. The molecule has 1 aromatic carbocycles. The van der Waals surface area contributed by atoms with E-state index in [0.29, 0.717) is 25.9 Å². The molecule has 4 N–H and O–H groups in total. The van der Waals surface area contributed by atoms with Gasteiger partial charge in [-0.1, -0.05) is 31.4 Å². The number of hydrogen-bond acceptors (Lipinski definition) is 2. The van der Waals surface area contributed by atoms with Gasteiger partial charge in [-0.15, -0.1) is 0 Å². The van der Waals surface area contributed by atoms with E-state index < -0.39 is 6.03 Å². The summed E-state index contributed by atoms with van der Waals surface area (Å²) >= 11 is 0. The van der Waals surface area contributed by atoms with Crippen molar-refractivity contribution in [3.05, 3.63) is 35.6 Å². The van der Waals surface area contributed by atoms with Gasteiger partial charge in [-0.2, -0.15) is 0 Å². The van der Waals surface area contributed by atoms with Gasteiger partial charge < -0.3 is 16.4 Å². The van der Waals surface area contributed by atoms with Crippen molar-refractivity contribution in [3.63, 3.8) is 0 Å². The molecule has 1 aromatic rings. The molecule has 0 saturated heterocycles. The molecule has 1 aliphatic rings. The van der Waals surface area contributed by atoms with Gasteiger partial charge in [0.25, 0.3) is 0 Å². The molecule has 0 spiro atoms. The second-order valence-corrected chi connectivity index (χ2v) is 6.87. The fourth-order valence-electron chi connectivity index (χ4n) is 3.58. The van der Waals surface area contributed by atoms with Crippen molar-refractivity contribution in [1.29, 1.82) is 0 Å². The van der Waals surface area contributed by atoms with Crippen LogP contribution in [-0.4, -0.2) is 25.0 Å². The molecule has 1 saturated carbocycles. The first kappa shape index (κ1) is 19.2. The van der Waals surface area contributed by atoms with E-state index in [4.69, 9.17) is 5.73 Å². The molecule has 3 amide bonds. The number of amides is 3. The summed E-state index contributed by atoms with van der Waals surface area (Å²) < 4.78 is 13.2. The summed E-state index contributed by atoms with van der Waals surface area (Å²) in [5, 5.41) is 5.57. The van der Waals surface area contributed by atoms with Crippen molar-refractivity contribution >= 4 is 11.9 Å². The maximum Gasteiger partial charge on any atom is 0.312 e. The van der Waals surface area contributed by atoms with Crippen molar-refractivity contribution in [2.75, 3.05) is 13.1 Å². The number of carbonyl (C=O) groups excluding carboxylic acids is 2. The lowest BCUT2D eigenvalue weighted by atomic mass is 9.69. The van der Waals surface area contributed by atoms with Crippen LogP contribution in [0.15, 0.2) is 24.3 Å². The predicted octanol–water partition coefficient (Wildman–Crippen LogP) is 2.98. The highest BCUT2D eigenvalue weighted by atomic mass is 19.1. The van der Waals surface area contributed by atoms with E-state index in [-0.39, 0.29) is 17.1 Å². The van der Waals surface area contributed by atoms with E-state index in [1.807, 2.05) is 12.1 Å². The molecule has 1 fully saturated rings. The Kier molecular flexibility index (Phi) is 7.22. The van der Waals surface area contributed by atoms with Crippen molar-refractivity contribution in [1.82, 2.24) is 10.6 Å². The van der Waals surface area contributed by atoms with E-state index >= 15 is 0 Å². The second-order valence-electron chi connectivity index (χ2n) is 6.87. The summed E-state index contributed by atoms with van der Waals surface area (Å²) in [4.78, 5) is 22.7. The number of carbonyl (C=O) groups is 2. The zero-order valence-corrected chi connectivity index (χ0v) is 14.7. The minimum atomic E-state index is -0.539. The second kappa shape index (κ2) is 9.39. The molecule has 0 aromatic heterocycles.